The van der Waals surface area contributed by atoms with Crippen molar-refractivity contribution in [3.05, 3.63) is 12.7 Å². The van der Waals surface area contributed by atoms with E-state index in [-0.39, 0.29) is 10.9 Å². The summed E-state index contributed by atoms with van der Waals surface area (Å²) in [4.78, 5) is 15.3. The topological polar surface area (TPSA) is 66.5 Å². The van der Waals surface area contributed by atoms with Crippen molar-refractivity contribution in [3.63, 3.8) is 0 Å². The van der Waals surface area contributed by atoms with Gasteiger partial charge in [-0.2, -0.15) is 0 Å². The molecule has 2 heterocycles. The zero-order chi connectivity index (χ0) is 11.8. The lowest BCUT2D eigenvalue weighted by atomic mass is 10.0. The molecule has 2 aromatic heterocycles. The van der Waals surface area contributed by atoms with Crippen LogP contribution in [0, 0.1) is 0 Å². The SMILES string of the molecule is CC(Cl)C(C)(C)Nc1ncnc2nc[nH]c12. The van der Waals surface area contributed by atoms with Crippen molar-refractivity contribution in [3.8, 4) is 0 Å². The second kappa shape index (κ2) is 3.90. The van der Waals surface area contributed by atoms with E-state index in [1.54, 1.807) is 6.33 Å². The van der Waals surface area contributed by atoms with Gasteiger partial charge in [0.25, 0.3) is 0 Å². The summed E-state index contributed by atoms with van der Waals surface area (Å²) in [5.74, 6) is 0.722. The van der Waals surface area contributed by atoms with Crippen LogP contribution in [0.25, 0.3) is 11.2 Å². The Bertz CT molecular complexity index is 491. The number of fused-ring (bicyclic) bond motifs is 1. The van der Waals surface area contributed by atoms with Crippen LogP contribution in [-0.2, 0) is 0 Å². The number of halogens is 1. The van der Waals surface area contributed by atoms with E-state index >= 15 is 0 Å². The molecule has 5 nitrogen and oxygen atoms in total. The standard InChI is InChI=1S/C10H14ClN5/c1-6(11)10(2,3)16-9-7-8(13-4-12-7)14-5-15-9/h4-6H,1-3H3,(H2,12,13,14,15,16). The number of H-pyrrole nitrogens is 1. The number of alkyl halides is 1. The van der Waals surface area contributed by atoms with Gasteiger partial charge >= 0.3 is 0 Å². The number of imidazole rings is 1. The first-order chi connectivity index (χ1) is 7.50. The average Bonchev–Trinajstić information content (AvgIpc) is 2.65. The summed E-state index contributed by atoms with van der Waals surface area (Å²) in [6.45, 7) is 5.99. The molecule has 0 aliphatic heterocycles. The maximum atomic E-state index is 6.11. The molecule has 1 atom stereocenters. The zero-order valence-electron chi connectivity index (χ0n) is 9.45. The van der Waals surface area contributed by atoms with Crippen LogP contribution in [-0.4, -0.2) is 30.9 Å². The van der Waals surface area contributed by atoms with E-state index in [9.17, 15) is 0 Å². The molecule has 0 amide bonds. The molecule has 2 rings (SSSR count). The Morgan fingerprint density at radius 2 is 2.12 bits per heavy atom. The van der Waals surface area contributed by atoms with Crippen LogP contribution in [0.3, 0.4) is 0 Å². The lowest BCUT2D eigenvalue weighted by Gasteiger charge is -2.29. The van der Waals surface area contributed by atoms with Crippen LogP contribution in [0.1, 0.15) is 20.8 Å². The largest absolute Gasteiger partial charge is 0.362 e. The lowest BCUT2D eigenvalue weighted by molar-refractivity contribution is 0.553. The predicted molar refractivity (Wildman–Crippen MR) is 64.7 cm³/mol. The van der Waals surface area contributed by atoms with E-state index in [4.69, 9.17) is 11.6 Å². The molecule has 0 saturated carbocycles. The van der Waals surface area contributed by atoms with E-state index in [0.717, 1.165) is 11.3 Å². The summed E-state index contributed by atoms with van der Waals surface area (Å²) in [5, 5.41) is 3.27. The molecule has 0 radical (unpaired) electrons. The molecule has 16 heavy (non-hydrogen) atoms. The molecule has 0 aromatic carbocycles. The van der Waals surface area contributed by atoms with Gasteiger partial charge in [-0.15, -0.1) is 11.6 Å². The van der Waals surface area contributed by atoms with Crippen molar-refractivity contribution in [1.82, 2.24) is 19.9 Å². The van der Waals surface area contributed by atoms with E-state index in [0.29, 0.717) is 5.65 Å². The highest BCUT2D eigenvalue weighted by atomic mass is 35.5. The van der Waals surface area contributed by atoms with Crippen molar-refractivity contribution in [1.29, 1.82) is 0 Å². The third-order valence-electron chi connectivity index (χ3n) is 2.66. The number of anilines is 1. The molecule has 0 aliphatic carbocycles. The molecule has 2 N–H and O–H groups in total. The number of aromatic amines is 1. The minimum Gasteiger partial charge on any atom is -0.362 e. The van der Waals surface area contributed by atoms with Gasteiger partial charge in [-0.3, -0.25) is 0 Å². The number of hydrogen-bond donors (Lipinski definition) is 2. The van der Waals surface area contributed by atoms with E-state index < -0.39 is 0 Å². The third kappa shape index (κ3) is 1.95. The Labute approximate surface area is 98.7 Å². The number of rotatable bonds is 3. The van der Waals surface area contributed by atoms with Gasteiger partial charge in [-0.25, -0.2) is 15.0 Å². The van der Waals surface area contributed by atoms with Crippen molar-refractivity contribution in [2.24, 2.45) is 0 Å². The summed E-state index contributed by atoms with van der Waals surface area (Å²) < 4.78 is 0. The van der Waals surface area contributed by atoms with Crippen LogP contribution in [0.2, 0.25) is 0 Å². The van der Waals surface area contributed by atoms with Gasteiger partial charge in [-0.05, 0) is 20.8 Å². The molecule has 86 valence electrons. The van der Waals surface area contributed by atoms with Crippen LogP contribution >= 0.6 is 11.6 Å². The van der Waals surface area contributed by atoms with Crippen molar-refractivity contribution in [2.75, 3.05) is 5.32 Å². The van der Waals surface area contributed by atoms with Gasteiger partial charge in [0.05, 0.1) is 11.7 Å². The summed E-state index contributed by atoms with van der Waals surface area (Å²) in [7, 11) is 0. The predicted octanol–water partition coefficient (Wildman–Crippen LogP) is 2.17. The molecular weight excluding hydrogens is 226 g/mol. The smallest absolute Gasteiger partial charge is 0.182 e. The lowest BCUT2D eigenvalue weighted by Crippen LogP contribution is -2.39. The number of nitrogens with zero attached hydrogens (tertiary/aromatic N) is 3. The monoisotopic (exact) mass is 239 g/mol. The molecule has 1 unspecified atom stereocenters. The van der Waals surface area contributed by atoms with E-state index in [2.05, 4.69) is 25.3 Å². The first kappa shape index (κ1) is 11.1. The van der Waals surface area contributed by atoms with Crippen LogP contribution in [0.4, 0.5) is 5.82 Å². The molecule has 2 aromatic rings. The Kier molecular flexibility index (Phi) is 2.71. The average molecular weight is 240 g/mol. The minimum atomic E-state index is -0.256. The molecule has 0 saturated heterocycles. The third-order valence-corrected chi connectivity index (χ3v) is 3.20. The van der Waals surface area contributed by atoms with Gasteiger partial charge in [0.1, 0.15) is 11.8 Å². The highest BCUT2D eigenvalue weighted by Crippen LogP contribution is 2.23. The first-order valence-corrected chi connectivity index (χ1v) is 5.50. The maximum Gasteiger partial charge on any atom is 0.182 e. The molecular formula is C10H14ClN5. The van der Waals surface area contributed by atoms with Crippen LogP contribution in [0.5, 0.6) is 0 Å². The Morgan fingerprint density at radius 1 is 1.38 bits per heavy atom. The summed E-state index contributed by atoms with van der Waals surface area (Å²) in [6.07, 6.45) is 3.09. The molecule has 0 spiro atoms. The van der Waals surface area contributed by atoms with E-state index in [1.165, 1.54) is 6.33 Å². The Hall–Kier alpha value is -1.36. The number of aromatic nitrogens is 4. The number of nitrogens with one attached hydrogen (secondary N) is 2. The van der Waals surface area contributed by atoms with Crippen LogP contribution < -0.4 is 5.32 Å². The second-order valence-corrected chi connectivity index (χ2v) is 4.94. The quantitative estimate of drug-likeness (QED) is 0.806. The maximum absolute atomic E-state index is 6.11. The molecule has 6 heteroatoms. The fraction of sp³-hybridized carbons (Fsp3) is 0.500. The second-order valence-electron chi connectivity index (χ2n) is 4.29. The van der Waals surface area contributed by atoms with Gasteiger partial charge in [-0.1, -0.05) is 0 Å². The van der Waals surface area contributed by atoms with Gasteiger partial charge < -0.3 is 10.3 Å². The van der Waals surface area contributed by atoms with Crippen molar-refractivity contribution < 1.29 is 0 Å². The van der Waals surface area contributed by atoms with E-state index in [1.807, 2.05) is 20.8 Å². The summed E-state index contributed by atoms with van der Waals surface area (Å²) >= 11 is 6.11. The Balaban J connectivity index is 2.37. The molecule has 0 fully saturated rings. The minimum absolute atomic E-state index is 0.0274. The van der Waals surface area contributed by atoms with Crippen molar-refractivity contribution in [2.45, 2.75) is 31.7 Å². The Morgan fingerprint density at radius 3 is 2.81 bits per heavy atom. The van der Waals surface area contributed by atoms with Crippen molar-refractivity contribution >= 4 is 28.6 Å². The highest BCUT2D eigenvalue weighted by Gasteiger charge is 2.25. The van der Waals surface area contributed by atoms with Gasteiger partial charge in [0, 0.05) is 5.54 Å². The first-order valence-electron chi connectivity index (χ1n) is 5.07. The fourth-order valence-electron chi connectivity index (χ4n) is 1.26. The zero-order valence-corrected chi connectivity index (χ0v) is 10.2. The van der Waals surface area contributed by atoms with Gasteiger partial charge in [0.2, 0.25) is 0 Å². The fourth-order valence-corrected chi connectivity index (χ4v) is 1.32. The highest BCUT2D eigenvalue weighted by molar-refractivity contribution is 6.21. The summed E-state index contributed by atoms with van der Waals surface area (Å²) in [6, 6.07) is 0. The molecule has 0 aliphatic rings. The van der Waals surface area contributed by atoms with Gasteiger partial charge in [0.15, 0.2) is 11.5 Å². The summed E-state index contributed by atoms with van der Waals surface area (Å²) in [5.41, 5.74) is 1.19. The molecule has 0 bridgehead atoms. The van der Waals surface area contributed by atoms with Crippen LogP contribution in [0.15, 0.2) is 12.7 Å². The number of hydrogen-bond acceptors (Lipinski definition) is 4. The normalized spacial score (nSPS) is 14.0.